The molecule has 0 aromatic heterocycles. The lowest BCUT2D eigenvalue weighted by Gasteiger charge is -2.16. The molecular weight excluding hydrogens is 154 g/mol. The molecule has 1 fully saturated rings. The number of nitrogens with two attached hydrogens (primary N) is 1. The van der Waals surface area contributed by atoms with E-state index in [1.54, 1.807) is 0 Å². The van der Waals surface area contributed by atoms with Crippen LogP contribution in [0.4, 0.5) is 4.79 Å². The van der Waals surface area contributed by atoms with E-state index in [1.165, 1.54) is 0 Å². The Morgan fingerprint density at radius 3 is 2.83 bits per heavy atom. The van der Waals surface area contributed by atoms with E-state index in [4.69, 9.17) is 5.73 Å². The lowest BCUT2D eigenvalue weighted by atomic mass is 10.2. The van der Waals surface area contributed by atoms with E-state index < -0.39 is 0 Å². The average molecular weight is 171 g/mol. The van der Waals surface area contributed by atoms with E-state index >= 15 is 0 Å². The molecular formula is C8H17N3O. The molecule has 3 N–H and O–H groups in total. The summed E-state index contributed by atoms with van der Waals surface area (Å²) in [6.07, 6.45) is 0. The van der Waals surface area contributed by atoms with Gasteiger partial charge in [-0.1, -0.05) is 13.8 Å². The van der Waals surface area contributed by atoms with Gasteiger partial charge in [-0.25, -0.2) is 4.79 Å². The first-order valence-corrected chi connectivity index (χ1v) is 4.39. The Morgan fingerprint density at radius 1 is 1.75 bits per heavy atom. The van der Waals surface area contributed by atoms with Gasteiger partial charge in [0.2, 0.25) is 0 Å². The van der Waals surface area contributed by atoms with Gasteiger partial charge >= 0.3 is 6.03 Å². The first kappa shape index (κ1) is 9.32. The third-order valence-corrected chi connectivity index (χ3v) is 1.93. The third-order valence-electron chi connectivity index (χ3n) is 1.93. The molecule has 0 aromatic carbocycles. The van der Waals surface area contributed by atoms with Crippen molar-refractivity contribution in [1.29, 1.82) is 0 Å². The summed E-state index contributed by atoms with van der Waals surface area (Å²) in [7, 11) is 0. The van der Waals surface area contributed by atoms with Crippen LogP contribution in [0.3, 0.4) is 0 Å². The van der Waals surface area contributed by atoms with Crippen LogP contribution < -0.4 is 11.1 Å². The van der Waals surface area contributed by atoms with E-state index in [9.17, 15) is 4.79 Å². The highest BCUT2D eigenvalue weighted by Gasteiger charge is 2.27. The zero-order valence-electron chi connectivity index (χ0n) is 7.71. The van der Waals surface area contributed by atoms with Crippen molar-refractivity contribution in [1.82, 2.24) is 10.2 Å². The molecule has 0 saturated carbocycles. The van der Waals surface area contributed by atoms with Crippen LogP contribution in [0.2, 0.25) is 0 Å². The standard InChI is InChI=1S/C8H17N3O/c1-6(2)4-11-5-7(3-9)10-8(11)12/h6-7H,3-5,9H2,1-2H3,(H,10,12). The average Bonchev–Trinajstić information content (AvgIpc) is 2.31. The van der Waals surface area contributed by atoms with Gasteiger partial charge in [0.05, 0.1) is 6.04 Å². The number of carbonyl (C=O) groups excluding carboxylic acids is 1. The summed E-state index contributed by atoms with van der Waals surface area (Å²) in [6.45, 7) is 6.31. The predicted molar refractivity (Wildman–Crippen MR) is 47.8 cm³/mol. The quantitative estimate of drug-likeness (QED) is 0.627. The first-order valence-electron chi connectivity index (χ1n) is 4.39. The number of hydrogen-bond acceptors (Lipinski definition) is 2. The highest BCUT2D eigenvalue weighted by Crippen LogP contribution is 2.06. The normalized spacial score (nSPS) is 23.5. The molecule has 1 atom stereocenters. The molecule has 70 valence electrons. The fraction of sp³-hybridized carbons (Fsp3) is 0.875. The molecule has 4 heteroatoms. The topological polar surface area (TPSA) is 58.4 Å². The summed E-state index contributed by atoms with van der Waals surface area (Å²) < 4.78 is 0. The summed E-state index contributed by atoms with van der Waals surface area (Å²) in [5, 5.41) is 2.82. The lowest BCUT2D eigenvalue weighted by Crippen LogP contribution is -2.33. The highest BCUT2D eigenvalue weighted by atomic mass is 16.2. The van der Waals surface area contributed by atoms with Gasteiger partial charge in [-0.3, -0.25) is 0 Å². The second kappa shape index (κ2) is 3.76. The molecule has 2 amide bonds. The third kappa shape index (κ3) is 2.11. The van der Waals surface area contributed by atoms with Crippen molar-refractivity contribution < 1.29 is 4.79 Å². The van der Waals surface area contributed by atoms with Gasteiger partial charge in [0.1, 0.15) is 0 Å². The molecule has 0 bridgehead atoms. The summed E-state index contributed by atoms with van der Waals surface area (Å²) in [4.78, 5) is 13.1. The molecule has 1 unspecified atom stereocenters. The number of hydrogen-bond donors (Lipinski definition) is 2. The monoisotopic (exact) mass is 171 g/mol. The van der Waals surface area contributed by atoms with Gasteiger partial charge in [0.25, 0.3) is 0 Å². The Morgan fingerprint density at radius 2 is 2.42 bits per heavy atom. The molecule has 1 rings (SSSR count). The van der Waals surface area contributed by atoms with Crippen molar-refractivity contribution in [3.8, 4) is 0 Å². The van der Waals surface area contributed by atoms with Crippen molar-refractivity contribution in [3.63, 3.8) is 0 Å². The van der Waals surface area contributed by atoms with Crippen LogP contribution in [0.15, 0.2) is 0 Å². The number of nitrogens with one attached hydrogen (secondary N) is 1. The van der Waals surface area contributed by atoms with Crippen molar-refractivity contribution >= 4 is 6.03 Å². The van der Waals surface area contributed by atoms with Crippen LogP contribution in [0, 0.1) is 5.92 Å². The van der Waals surface area contributed by atoms with Gasteiger partial charge < -0.3 is 16.0 Å². The summed E-state index contributed by atoms with van der Waals surface area (Å²) in [5.41, 5.74) is 5.45. The summed E-state index contributed by atoms with van der Waals surface area (Å²) >= 11 is 0. The number of rotatable bonds is 3. The van der Waals surface area contributed by atoms with Gasteiger partial charge in [-0.05, 0) is 5.92 Å². The van der Waals surface area contributed by atoms with E-state index in [0.717, 1.165) is 13.1 Å². The van der Waals surface area contributed by atoms with E-state index in [-0.39, 0.29) is 12.1 Å². The van der Waals surface area contributed by atoms with Crippen molar-refractivity contribution in [2.24, 2.45) is 11.7 Å². The number of nitrogens with zero attached hydrogens (tertiary/aromatic N) is 1. The molecule has 0 spiro atoms. The first-order chi connectivity index (χ1) is 5.63. The van der Waals surface area contributed by atoms with Gasteiger partial charge in [-0.15, -0.1) is 0 Å². The fourth-order valence-corrected chi connectivity index (χ4v) is 1.39. The summed E-state index contributed by atoms with van der Waals surface area (Å²) in [6, 6.07) is 0.176. The predicted octanol–water partition coefficient (Wildman–Crippen LogP) is -0.00510. The molecule has 1 aliphatic heterocycles. The minimum absolute atomic E-state index is 0.0270. The zero-order chi connectivity index (χ0) is 9.14. The number of urea groups is 1. The fourth-order valence-electron chi connectivity index (χ4n) is 1.39. The van der Waals surface area contributed by atoms with Crippen LogP contribution in [-0.2, 0) is 0 Å². The van der Waals surface area contributed by atoms with Crippen molar-refractivity contribution in [2.45, 2.75) is 19.9 Å². The van der Waals surface area contributed by atoms with Gasteiger partial charge in [-0.2, -0.15) is 0 Å². The van der Waals surface area contributed by atoms with E-state index in [2.05, 4.69) is 19.2 Å². The van der Waals surface area contributed by atoms with Gasteiger partial charge in [0, 0.05) is 19.6 Å². The van der Waals surface area contributed by atoms with E-state index in [0.29, 0.717) is 12.5 Å². The number of amides is 2. The van der Waals surface area contributed by atoms with Crippen LogP contribution in [0.5, 0.6) is 0 Å². The molecule has 4 nitrogen and oxygen atoms in total. The Balaban J connectivity index is 2.41. The minimum atomic E-state index is 0.0270. The Hall–Kier alpha value is -0.770. The minimum Gasteiger partial charge on any atom is -0.332 e. The van der Waals surface area contributed by atoms with Crippen molar-refractivity contribution in [3.05, 3.63) is 0 Å². The molecule has 1 heterocycles. The maximum absolute atomic E-state index is 11.2. The zero-order valence-corrected chi connectivity index (χ0v) is 7.71. The van der Waals surface area contributed by atoms with Crippen molar-refractivity contribution in [2.75, 3.05) is 19.6 Å². The van der Waals surface area contributed by atoms with Gasteiger partial charge in [0.15, 0.2) is 0 Å². The second-order valence-electron chi connectivity index (χ2n) is 3.68. The molecule has 0 radical (unpaired) electrons. The number of carbonyl (C=O) groups is 1. The Labute approximate surface area is 73.1 Å². The van der Waals surface area contributed by atoms with E-state index in [1.807, 2.05) is 4.90 Å². The SMILES string of the molecule is CC(C)CN1CC(CN)NC1=O. The maximum atomic E-state index is 11.2. The molecule has 0 aromatic rings. The molecule has 12 heavy (non-hydrogen) atoms. The molecule has 1 saturated heterocycles. The Bertz CT molecular complexity index is 170. The maximum Gasteiger partial charge on any atom is 0.317 e. The smallest absolute Gasteiger partial charge is 0.317 e. The van der Waals surface area contributed by atoms with Crippen LogP contribution in [-0.4, -0.2) is 36.6 Å². The Kier molecular flexibility index (Phi) is 2.92. The molecule has 1 aliphatic rings. The van der Waals surface area contributed by atoms with Crippen LogP contribution in [0.25, 0.3) is 0 Å². The molecule has 0 aliphatic carbocycles. The second-order valence-corrected chi connectivity index (χ2v) is 3.68. The van der Waals surface area contributed by atoms with Crippen LogP contribution >= 0.6 is 0 Å². The highest BCUT2D eigenvalue weighted by molar-refractivity contribution is 5.76. The van der Waals surface area contributed by atoms with Crippen LogP contribution in [0.1, 0.15) is 13.8 Å². The summed E-state index contributed by atoms with van der Waals surface area (Å²) in [5.74, 6) is 0.521. The lowest BCUT2D eigenvalue weighted by molar-refractivity contribution is 0.211. The largest absolute Gasteiger partial charge is 0.332 e.